The van der Waals surface area contributed by atoms with Gasteiger partial charge in [0.15, 0.2) is 5.58 Å². The Bertz CT molecular complexity index is 798. The second-order valence-corrected chi connectivity index (χ2v) is 8.05. The molecule has 0 radical (unpaired) electrons. The van der Waals surface area contributed by atoms with Crippen molar-refractivity contribution in [3.05, 3.63) is 24.1 Å². The molecular weight excluding hydrogens is 330 g/mol. The van der Waals surface area contributed by atoms with Crippen molar-refractivity contribution in [1.29, 1.82) is 0 Å². The van der Waals surface area contributed by atoms with E-state index in [4.69, 9.17) is 4.42 Å². The van der Waals surface area contributed by atoms with Crippen LogP contribution in [0.4, 0.5) is 5.69 Å². The van der Waals surface area contributed by atoms with Crippen molar-refractivity contribution in [3.8, 4) is 0 Å². The molecular formula is C20H27N3O3. The van der Waals surface area contributed by atoms with Gasteiger partial charge in [-0.05, 0) is 31.0 Å². The quantitative estimate of drug-likeness (QED) is 0.872. The van der Waals surface area contributed by atoms with E-state index in [0.29, 0.717) is 22.7 Å². The lowest BCUT2D eigenvalue weighted by molar-refractivity contribution is -0.128. The third kappa shape index (κ3) is 4.42. The molecule has 1 aromatic heterocycles. The minimum atomic E-state index is -0.243. The number of carbonyl (C=O) groups is 2. The van der Waals surface area contributed by atoms with E-state index in [1.54, 1.807) is 18.2 Å². The number of carbonyl (C=O) groups excluding carboxylic acids is 2. The Balaban J connectivity index is 1.57. The van der Waals surface area contributed by atoms with Gasteiger partial charge in [0.1, 0.15) is 5.52 Å². The number of anilines is 1. The summed E-state index contributed by atoms with van der Waals surface area (Å²) in [5.41, 5.74) is 1.87. The first-order chi connectivity index (χ1) is 12.3. The van der Waals surface area contributed by atoms with Crippen LogP contribution in [0.2, 0.25) is 0 Å². The van der Waals surface area contributed by atoms with Crippen LogP contribution in [-0.4, -0.2) is 23.3 Å². The predicted molar refractivity (Wildman–Crippen MR) is 101 cm³/mol. The van der Waals surface area contributed by atoms with Crippen LogP contribution in [0.25, 0.3) is 11.1 Å². The van der Waals surface area contributed by atoms with Crippen molar-refractivity contribution >= 4 is 28.6 Å². The standard InChI is InChI=1S/C20H27N3O3/c1-20(2,3)19-23-15-11-14(9-10-16(15)26-19)22-17(24)12-21-18(25)13-7-5-4-6-8-13/h9-11,13H,4-8,12H2,1-3H3,(H,21,25)(H,22,24). The van der Waals surface area contributed by atoms with Crippen LogP contribution in [-0.2, 0) is 15.0 Å². The van der Waals surface area contributed by atoms with Crippen LogP contribution < -0.4 is 10.6 Å². The minimum absolute atomic E-state index is 0.0124. The van der Waals surface area contributed by atoms with Gasteiger partial charge >= 0.3 is 0 Å². The monoisotopic (exact) mass is 357 g/mol. The number of rotatable bonds is 4. The Morgan fingerprint density at radius 1 is 1.19 bits per heavy atom. The van der Waals surface area contributed by atoms with Crippen LogP contribution in [0, 0.1) is 5.92 Å². The average molecular weight is 357 g/mol. The molecule has 26 heavy (non-hydrogen) atoms. The molecule has 1 aliphatic rings. The summed E-state index contributed by atoms with van der Waals surface area (Å²) in [5.74, 6) is 0.462. The molecule has 2 N–H and O–H groups in total. The summed E-state index contributed by atoms with van der Waals surface area (Å²) in [6.45, 7) is 6.10. The lowest BCUT2D eigenvalue weighted by Crippen LogP contribution is -2.37. The molecule has 6 nitrogen and oxygen atoms in total. The molecule has 1 saturated carbocycles. The number of nitrogens with one attached hydrogen (secondary N) is 2. The lowest BCUT2D eigenvalue weighted by atomic mass is 9.89. The van der Waals surface area contributed by atoms with E-state index in [2.05, 4.69) is 15.6 Å². The molecule has 0 bridgehead atoms. The number of benzene rings is 1. The number of oxazole rings is 1. The first-order valence-corrected chi connectivity index (χ1v) is 9.31. The van der Waals surface area contributed by atoms with Crippen molar-refractivity contribution in [2.24, 2.45) is 5.92 Å². The zero-order valence-electron chi connectivity index (χ0n) is 15.7. The summed E-state index contributed by atoms with van der Waals surface area (Å²) in [4.78, 5) is 28.7. The molecule has 2 amide bonds. The average Bonchev–Trinajstić information content (AvgIpc) is 3.04. The van der Waals surface area contributed by atoms with E-state index in [-0.39, 0.29) is 29.7 Å². The summed E-state index contributed by atoms with van der Waals surface area (Å²) in [6, 6.07) is 5.36. The second-order valence-electron chi connectivity index (χ2n) is 8.05. The van der Waals surface area contributed by atoms with E-state index < -0.39 is 0 Å². The Labute approximate surface area is 153 Å². The number of fused-ring (bicyclic) bond motifs is 1. The first-order valence-electron chi connectivity index (χ1n) is 9.31. The largest absolute Gasteiger partial charge is 0.440 e. The van der Waals surface area contributed by atoms with E-state index in [1.165, 1.54) is 6.42 Å². The van der Waals surface area contributed by atoms with Gasteiger partial charge in [0.2, 0.25) is 17.7 Å². The van der Waals surface area contributed by atoms with Gasteiger partial charge in [-0.15, -0.1) is 0 Å². The predicted octanol–water partition coefficient (Wildman–Crippen LogP) is 3.76. The zero-order chi connectivity index (χ0) is 18.7. The Morgan fingerprint density at radius 2 is 1.92 bits per heavy atom. The second kappa shape index (κ2) is 7.48. The fraction of sp³-hybridized carbons (Fsp3) is 0.550. The number of aromatic nitrogens is 1. The maximum atomic E-state index is 12.1. The Morgan fingerprint density at radius 3 is 2.62 bits per heavy atom. The van der Waals surface area contributed by atoms with Crippen LogP contribution in [0.5, 0.6) is 0 Å². The molecule has 0 spiro atoms. The van der Waals surface area contributed by atoms with Gasteiger partial charge < -0.3 is 15.1 Å². The topological polar surface area (TPSA) is 84.2 Å². The SMILES string of the molecule is CC(C)(C)c1nc2cc(NC(=O)CNC(=O)C3CCCCC3)ccc2o1. The summed E-state index contributed by atoms with van der Waals surface area (Å²) in [6.07, 6.45) is 5.24. The fourth-order valence-corrected chi connectivity index (χ4v) is 3.21. The van der Waals surface area contributed by atoms with E-state index >= 15 is 0 Å². The molecule has 6 heteroatoms. The third-order valence-corrected chi connectivity index (χ3v) is 4.71. The first kappa shape index (κ1) is 18.4. The highest BCUT2D eigenvalue weighted by Crippen LogP contribution is 2.27. The van der Waals surface area contributed by atoms with Crippen LogP contribution in [0.3, 0.4) is 0 Å². The Kier molecular flexibility index (Phi) is 5.30. The van der Waals surface area contributed by atoms with Gasteiger partial charge in [-0.3, -0.25) is 9.59 Å². The summed E-state index contributed by atoms with van der Waals surface area (Å²) in [5, 5.41) is 5.55. The third-order valence-electron chi connectivity index (χ3n) is 4.71. The van der Waals surface area contributed by atoms with Gasteiger partial charge in [0, 0.05) is 17.0 Å². The summed E-state index contributed by atoms with van der Waals surface area (Å²) in [7, 11) is 0. The van der Waals surface area contributed by atoms with Gasteiger partial charge in [0.05, 0.1) is 6.54 Å². The van der Waals surface area contributed by atoms with Crippen molar-refractivity contribution in [1.82, 2.24) is 10.3 Å². The van der Waals surface area contributed by atoms with Gasteiger partial charge in [-0.25, -0.2) is 4.98 Å². The summed E-state index contributed by atoms with van der Waals surface area (Å²) >= 11 is 0. The molecule has 1 fully saturated rings. The van der Waals surface area contributed by atoms with Crippen LogP contribution in [0.15, 0.2) is 22.6 Å². The number of nitrogens with zero attached hydrogens (tertiary/aromatic N) is 1. The minimum Gasteiger partial charge on any atom is -0.440 e. The van der Waals surface area contributed by atoms with Gasteiger partial charge in [-0.2, -0.15) is 0 Å². The molecule has 0 atom stereocenters. The Hall–Kier alpha value is -2.37. The normalized spacial score (nSPS) is 15.8. The number of hydrogen-bond acceptors (Lipinski definition) is 4. The van der Waals surface area contributed by atoms with Gasteiger partial charge in [-0.1, -0.05) is 40.0 Å². The molecule has 0 aliphatic heterocycles. The molecule has 3 rings (SSSR count). The molecule has 1 heterocycles. The zero-order valence-corrected chi connectivity index (χ0v) is 15.7. The van der Waals surface area contributed by atoms with E-state index in [9.17, 15) is 9.59 Å². The van der Waals surface area contributed by atoms with Gasteiger partial charge in [0.25, 0.3) is 0 Å². The highest BCUT2D eigenvalue weighted by Gasteiger charge is 2.22. The molecule has 140 valence electrons. The number of amides is 2. The maximum absolute atomic E-state index is 12.1. The smallest absolute Gasteiger partial charge is 0.243 e. The molecule has 1 aliphatic carbocycles. The van der Waals surface area contributed by atoms with Crippen molar-refractivity contribution < 1.29 is 14.0 Å². The van der Waals surface area contributed by atoms with Crippen molar-refractivity contribution in [2.75, 3.05) is 11.9 Å². The lowest BCUT2D eigenvalue weighted by Gasteiger charge is -2.20. The maximum Gasteiger partial charge on any atom is 0.243 e. The van der Waals surface area contributed by atoms with Crippen molar-refractivity contribution in [3.63, 3.8) is 0 Å². The van der Waals surface area contributed by atoms with Crippen molar-refractivity contribution in [2.45, 2.75) is 58.3 Å². The summed E-state index contributed by atoms with van der Waals surface area (Å²) < 4.78 is 5.76. The van der Waals surface area contributed by atoms with E-state index in [1.807, 2.05) is 20.8 Å². The van der Waals surface area contributed by atoms with Crippen LogP contribution in [0.1, 0.15) is 58.8 Å². The molecule has 2 aromatic rings. The highest BCUT2D eigenvalue weighted by molar-refractivity contribution is 5.96. The molecule has 0 saturated heterocycles. The highest BCUT2D eigenvalue weighted by atomic mass is 16.3. The van der Waals surface area contributed by atoms with Crippen LogP contribution >= 0.6 is 0 Å². The molecule has 0 unspecified atom stereocenters. The fourth-order valence-electron chi connectivity index (χ4n) is 3.21. The van der Waals surface area contributed by atoms with E-state index in [0.717, 1.165) is 25.7 Å². The number of hydrogen-bond donors (Lipinski definition) is 2. The molecule has 1 aromatic carbocycles.